The fraction of sp³-hybridized carbons (Fsp3) is 0.283. The average Bonchev–Trinajstić information content (AvgIpc) is 3.87. The standard InChI is InChI=1S/C41H45N2O.C12H10N.Ir/c1-25(2)31-21-35(26(3)4)38(36(22-31)27(5)6)43-20-19-42-40(43)34-12-10-11-33-32-18-17-30(23-37(32)44-39(33)34)29-15-13-28(14-16-29)24-41(7,8)9;1-10-7-8-12(13-9-10)11-5-3-2-4-6-11;/h10-11,13-23,25-27H,24H2,1-9H3;2-5,7-9H,1H3;/q2*-1;/i24D2,25D,26D,27D;1D3;. The number of nitrogens with zero attached hydrogens (tertiary/aromatic N) is 3. The number of aryl methyl sites for hydroxylation is 1. The minimum atomic E-state index is -2.09. The molecule has 5 heteroatoms. The van der Waals surface area contributed by atoms with Crippen LogP contribution in [-0.4, -0.2) is 14.5 Å². The molecular weight excluding hydrogens is 887 g/mol. The first-order valence-electron chi connectivity index (χ1n) is 23.3. The molecule has 58 heavy (non-hydrogen) atoms. The summed E-state index contributed by atoms with van der Waals surface area (Å²) in [4.78, 5) is 8.92. The fourth-order valence-electron chi connectivity index (χ4n) is 6.99. The maximum Gasteiger partial charge on any atom is 0.121 e. The molecule has 3 heterocycles. The summed E-state index contributed by atoms with van der Waals surface area (Å²) in [5.41, 5.74) is 8.80. The van der Waals surface area contributed by atoms with E-state index in [1.807, 2.05) is 146 Å². The van der Waals surface area contributed by atoms with Crippen LogP contribution in [0.1, 0.15) is 119 Å². The third-order valence-electron chi connectivity index (χ3n) is 9.79. The van der Waals surface area contributed by atoms with Crippen molar-refractivity contribution in [2.24, 2.45) is 5.41 Å². The van der Waals surface area contributed by atoms with Gasteiger partial charge in [0.25, 0.3) is 0 Å². The van der Waals surface area contributed by atoms with Crippen molar-refractivity contribution >= 4 is 21.9 Å². The van der Waals surface area contributed by atoms with Gasteiger partial charge in [-0.05, 0) is 87.0 Å². The van der Waals surface area contributed by atoms with Gasteiger partial charge in [0, 0.05) is 60.7 Å². The quantitative estimate of drug-likeness (QED) is 0.143. The van der Waals surface area contributed by atoms with E-state index in [4.69, 9.17) is 20.4 Å². The summed E-state index contributed by atoms with van der Waals surface area (Å²) >= 11 is 0. The number of imidazole rings is 1. The number of aromatic nitrogens is 3. The number of fused-ring (bicyclic) bond motifs is 3. The van der Waals surface area contributed by atoms with Crippen LogP contribution in [-0.2, 0) is 26.5 Å². The Bertz CT molecular complexity index is 2930. The number of benzene rings is 5. The second-order valence-corrected chi connectivity index (χ2v) is 16.1. The minimum Gasteiger partial charge on any atom is -0.501 e. The van der Waals surface area contributed by atoms with Gasteiger partial charge in [0.15, 0.2) is 0 Å². The van der Waals surface area contributed by atoms with Crippen molar-refractivity contribution in [2.45, 2.75) is 93.2 Å². The molecule has 0 atom stereocenters. The van der Waals surface area contributed by atoms with E-state index >= 15 is 0 Å². The zero-order chi connectivity index (χ0) is 47.5. The second kappa shape index (κ2) is 17.8. The predicted molar refractivity (Wildman–Crippen MR) is 239 cm³/mol. The minimum absolute atomic E-state index is 0. The molecule has 0 fully saturated rings. The molecule has 5 aromatic carbocycles. The first-order valence-corrected chi connectivity index (χ1v) is 19.3. The van der Waals surface area contributed by atoms with Crippen molar-refractivity contribution in [3.8, 4) is 39.5 Å². The van der Waals surface area contributed by atoms with E-state index in [1.54, 1.807) is 24.4 Å². The molecule has 299 valence electrons. The number of furan rings is 1. The SMILES string of the molecule is [2H]C(C)(C)c1cc(C([2H])(C)C)c(-n2ccnc2-c2[c-]ccc3c2oc2cc(-c4ccc(C([2H])([2H])C(C)(C)C)cc4)ccc23)c(C([2H])(C)C)c1.[2H]C([2H])([2H])c1ccc(-c2[c-]cccc2)nc1.[Ir]. The van der Waals surface area contributed by atoms with Gasteiger partial charge in [-0.1, -0.05) is 134 Å². The molecule has 8 aromatic rings. The first kappa shape index (κ1) is 32.8. The van der Waals surface area contributed by atoms with E-state index in [0.29, 0.717) is 44.9 Å². The predicted octanol–water partition coefficient (Wildman–Crippen LogP) is 14.7. The Morgan fingerprint density at radius 1 is 0.776 bits per heavy atom. The van der Waals surface area contributed by atoms with E-state index in [0.717, 1.165) is 38.7 Å². The van der Waals surface area contributed by atoms with Crippen LogP contribution in [0.25, 0.3) is 61.4 Å². The van der Waals surface area contributed by atoms with E-state index in [2.05, 4.69) is 29.2 Å². The Labute approximate surface area is 370 Å². The van der Waals surface area contributed by atoms with E-state index < -0.39 is 36.3 Å². The molecule has 0 spiro atoms. The largest absolute Gasteiger partial charge is 0.501 e. The zero-order valence-electron chi connectivity index (χ0n) is 42.6. The zero-order valence-corrected chi connectivity index (χ0v) is 37.0. The summed E-state index contributed by atoms with van der Waals surface area (Å²) in [6.07, 6.45) is 3.50. The third-order valence-corrected chi connectivity index (χ3v) is 9.79. The van der Waals surface area contributed by atoms with Gasteiger partial charge in [0.05, 0.1) is 11.4 Å². The summed E-state index contributed by atoms with van der Waals surface area (Å²) in [7, 11) is 0. The van der Waals surface area contributed by atoms with E-state index in [1.165, 1.54) is 6.20 Å². The Balaban J connectivity index is 0.000000357. The third kappa shape index (κ3) is 9.28. The van der Waals surface area contributed by atoms with Crippen LogP contribution in [0.4, 0.5) is 0 Å². The Kier molecular flexibility index (Phi) is 10.1. The Morgan fingerprint density at radius 2 is 1.50 bits per heavy atom. The summed E-state index contributed by atoms with van der Waals surface area (Å²) < 4.78 is 74.6. The second-order valence-electron chi connectivity index (χ2n) is 16.1. The fourth-order valence-corrected chi connectivity index (χ4v) is 6.99. The van der Waals surface area contributed by atoms with Gasteiger partial charge in [0.2, 0.25) is 0 Å². The van der Waals surface area contributed by atoms with Crippen molar-refractivity contribution < 1.29 is 35.5 Å². The molecule has 3 aromatic heterocycles. The molecule has 0 aliphatic carbocycles. The van der Waals surface area contributed by atoms with E-state index in [9.17, 15) is 0 Å². The molecule has 0 bridgehead atoms. The summed E-state index contributed by atoms with van der Waals surface area (Å²) in [5.74, 6) is -2.39. The molecule has 0 saturated heterocycles. The van der Waals surface area contributed by atoms with Gasteiger partial charge in [-0.15, -0.1) is 54.1 Å². The van der Waals surface area contributed by atoms with Crippen molar-refractivity contribution in [1.29, 1.82) is 0 Å². The van der Waals surface area contributed by atoms with Gasteiger partial charge in [0.1, 0.15) is 5.58 Å². The molecule has 1 radical (unpaired) electrons. The normalized spacial score (nSPS) is 14.7. The van der Waals surface area contributed by atoms with Crippen molar-refractivity contribution in [3.05, 3.63) is 162 Å². The molecule has 0 N–H and O–H groups in total. The van der Waals surface area contributed by atoms with Gasteiger partial charge >= 0.3 is 0 Å². The van der Waals surface area contributed by atoms with E-state index in [-0.39, 0.29) is 25.7 Å². The molecule has 4 nitrogen and oxygen atoms in total. The first-order chi connectivity index (χ1) is 30.2. The maximum atomic E-state index is 9.16. The van der Waals surface area contributed by atoms with Crippen LogP contribution >= 0.6 is 0 Å². The van der Waals surface area contributed by atoms with Gasteiger partial charge in [-0.25, -0.2) is 0 Å². The van der Waals surface area contributed by atoms with Crippen LogP contribution in [0.3, 0.4) is 0 Å². The molecule has 0 unspecified atom stereocenters. The van der Waals surface area contributed by atoms with Crippen LogP contribution in [0, 0.1) is 24.4 Å². The van der Waals surface area contributed by atoms with Gasteiger partial charge in [-0.3, -0.25) is 4.98 Å². The number of rotatable bonds is 8. The Morgan fingerprint density at radius 3 is 2.10 bits per heavy atom. The average molecular weight is 950 g/mol. The molecule has 0 aliphatic heterocycles. The molecule has 0 aliphatic rings. The summed E-state index contributed by atoms with van der Waals surface area (Å²) in [5, 5.41) is 1.88. The number of hydrogen-bond donors (Lipinski definition) is 0. The van der Waals surface area contributed by atoms with Crippen LogP contribution in [0.5, 0.6) is 0 Å². The topological polar surface area (TPSA) is 43.9 Å². The number of pyridine rings is 1. The smallest absolute Gasteiger partial charge is 0.121 e. The van der Waals surface area contributed by atoms with Gasteiger partial charge < -0.3 is 14.0 Å². The van der Waals surface area contributed by atoms with Crippen molar-refractivity contribution in [3.63, 3.8) is 0 Å². The van der Waals surface area contributed by atoms with Crippen molar-refractivity contribution in [2.75, 3.05) is 0 Å². The molecule has 0 saturated carbocycles. The maximum absolute atomic E-state index is 9.16. The molecule has 8 rings (SSSR count). The number of hydrogen-bond acceptors (Lipinski definition) is 3. The summed E-state index contributed by atoms with van der Waals surface area (Å²) in [6, 6.07) is 38.7. The van der Waals surface area contributed by atoms with Crippen molar-refractivity contribution in [1.82, 2.24) is 14.5 Å². The van der Waals surface area contributed by atoms with Gasteiger partial charge in [-0.2, -0.15) is 0 Å². The molecular formula is C53H55IrN3O-2. The van der Waals surface area contributed by atoms with Crippen LogP contribution < -0.4 is 0 Å². The summed E-state index contributed by atoms with van der Waals surface area (Å²) in [6.45, 7) is 14.6. The monoisotopic (exact) mass is 950 g/mol. The molecule has 0 amide bonds. The van der Waals surface area contributed by atoms with Crippen LogP contribution in [0.15, 0.2) is 126 Å². The Hall–Kier alpha value is -5.09. The van der Waals surface area contributed by atoms with Crippen LogP contribution in [0.2, 0.25) is 0 Å².